The highest BCUT2D eigenvalue weighted by Crippen LogP contribution is 2.13. The highest BCUT2D eigenvalue weighted by molar-refractivity contribution is 14.0. The number of ether oxygens (including phenoxy) is 1. The van der Waals surface area contributed by atoms with E-state index in [1.807, 2.05) is 12.1 Å². The van der Waals surface area contributed by atoms with Crippen LogP contribution in [0, 0.1) is 0 Å². The molecule has 0 aliphatic heterocycles. The van der Waals surface area contributed by atoms with E-state index in [0.29, 0.717) is 6.04 Å². The Balaban J connectivity index is 0.00000441. The summed E-state index contributed by atoms with van der Waals surface area (Å²) < 4.78 is 5.73. The molecule has 1 aromatic rings. The lowest BCUT2D eigenvalue weighted by Crippen LogP contribution is -2.41. The van der Waals surface area contributed by atoms with Crippen molar-refractivity contribution in [1.82, 2.24) is 10.6 Å². The summed E-state index contributed by atoms with van der Waals surface area (Å²) in [5, 5.41) is 6.68. The van der Waals surface area contributed by atoms with Gasteiger partial charge in [0.05, 0.1) is 6.61 Å². The summed E-state index contributed by atoms with van der Waals surface area (Å²) in [6.07, 6.45) is 3.31. The van der Waals surface area contributed by atoms with Crippen molar-refractivity contribution in [3.8, 4) is 5.75 Å². The van der Waals surface area contributed by atoms with Gasteiger partial charge in [-0.05, 0) is 37.5 Å². The van der Waals surface area contributed by atoms with E-state index in [1.165, 1.54) is 5.56 Å². The normalized spacial score (nSPS) is 12.3. The van der Waals surface area contributed by atoms with Gasteiger partial charge in [-0.15, -0.1) is 24.0 Å². The van der Waals surface area contributed by atoms with E-state index >= 15 is 0 Å². The monoisotopic (exact) mass is 419 g/mol. The predicted molar refractivity (Wildman–Crippen MR) is 105 cm³/mol. The van der Waals surface area contributed by atoms with Crippen LogP contribution < -0.4 is 15.4 Å². The molecule has 126 valence electrons. The van der Waals surface area contributed by atoms with Gasteiger partial charge in [0.2, 0.25) is 0 Å². The number of guanidine groups is 1. The summed E-state index contributed by atoms with van der Waals surface area (Å²) in [5.74, 6) is 1.77. The van der Waals surface area contributed by atoms with Crippen LogP contribution in [-0.4, -0.2) is 25.7 Å². The first-order valence-corrected chi connectivity index (χ1v) is 7.88. The van der Waals surface area contributed by atoms with Crippen LogP contribution in [0.5, 0.6) is 5.75 Å². The Morgan fingerprint density at radius 3 is 2.73 bits per heavy atom. The molecule has 22 heavy (non-hydrogen) atoms. The first-order chi connectivity index (χ1) is 10.2. The zero-order valence-corrected chi connectivity index (χ0v) is 16.5. The van der Waals surface area contributed by atoms with Crippen LogP contribution in [0.4, 0.5) is 0 Å². The van der Waals surface area contributed by atoms with Gasteiger partial charge in [0.1, 0.15) is 5.75 Å². The third-order valence-electron chi connectivity index (χ3n) is 3.34. The van der Waals surface area contributed by atoms with Crippen LogP contribution in [0.3, 0.4) is 0 Å². The lowest BCUT2D eigenvalue weighted by molar-refractivity contribution is 0.309. The molecule has 5 heteroatoms. The molecular weight excluding hydrogens is 389 g/mol. The van der Waals surface area contributed by atoms with Crippen molar-refractivity contribution in [3.63, 3.8) is 0 Å². The van der Waals surface area contributed by atoms with Crippen molar-refractivity contribution in [3.05, 3.63) is 29.8 Å². The molecule has 4 nitrogen and oxygen atoms in total. The lowest BCUT2D eigenvalue weighted by Gasteiger charge is -2.16. The van der Waals surface area contributed by atoms with Crippen molar-refractivity contribution < 1.29 is 4.74 Å². The second kappa shape index (κ2) is 12.6. The smallest absolute Gasteiger partial charge is 0.191 e. The summed E-state index contributed by atoms with van der Waals surface area (Å²) >= 11 is 0. The molecule has 1 unspecified atom stereocenters. The van der Waals surface area contributed by atoms with Gasteiger partial charge in [-0.1, -0.05) is 32.4 Å². The van der Waals surface area contributed by atoms with Crippen LogP contribution in [0.25, 0.3) is 0 Å². The van der Waals surface area contributed by atoms with Gasteiger partial charge in [-0.25, -0.2) is 0 Å². The Morgan fingerprint density at radius 1 is 1.32 bits per heavy atom. The molecule has 0 saturated carbocycles. The topological polar surface area (TPSA) is 45.6 Å². The summed E-state index contributed by atoms with van der Waals surface area (Å²) in [7, 11) is 1.79. The molecule has 1 aromatic carbocycles. The molecule has 0 fully saturated rings. The van der Waals surface area contributed by atoms with Crippen LogP contribution >= 0.6 is 24.0 Å². The zero-order chi connectivity index (χ0) is 15.5. The molecule has 0 amide bonds. The zero-order valence-electron chi connectivity index (χ0n) is 14.2. The fourth-order valence-corrected chi connectivity index (χ4v) is 1.80. The van der Waals surface area contributed by atoms with Crippen LogP contribution in [0.15, 0.2) is 29.3 Å². The first-order valence-electron chi connectivity index (χ1n) is 7.88. The van der Waals surface area contributed by atoms with Gasteiger partial charge in [0, 0.05) is 19.6 Å². The molecule has 0 bridgehead atoms. The maximum absolute atomic E-state index is 5.73. The highest BCUT2D eigenvalue weighted by atomic mass is 127. The molecule has 0 radical (unpaired) electrons. The van der Waals surface area contributed by atoms with Crippen LogP contribution in [-0.2, 0) is 6.54 Å². The number of benzene rings is 1. The minimum absolute atomic E-state index is 0. The Hall–Kier alpha value is -0.980. The Kier molecular flexibility index (Phi) is 12.0. The van der Waals surface area contributed by atoms with Crippen molar-refractivity contribution in [2.75, 3.05) is 13.7 Å². The Labute approximate surface area is 152 Å². The lowest BCUT2D eigenvalue weighted by atomic mass is 10.2. The summed E-state index contributed by atoms with van der Waals surface area (Å²) in [4.78, 5) is 4.24. The van der Waals surface area contributed by atoms with Crippen molar-refractivity contribution in [2.24, 2.45) is 4.99 Å². The number of nitrogens with one attached hydrogen (secondary N) is 2. The minimum atomic E-state index is 0. The summed E-state index contributed by atoms with van der Waals surface area (Å²) in [5.41, 5.74) is 1.19. The molecule has 1 rings (SSSR count). The predicted octanol–water partition coefficient (Wildman–Crippen LogP) is 3.95. The summed E-state index contributed by atoms with van der Waals surface area (Å²) in [6.45, 7) is 7.99. The third-order valence-corrected chi connectivity index (χ3v) is 3.34. The molecule has 0 heterocycles. The maximum atomic E-state index is 5.73. The fourth-order valence-electron chi connectivity index (χ4n) is 1.80. The summed E-state index contributed by atoms with van der Waals surface area (Å²) in [6, 6.07) is 8.63. The quantitative estimate of drug-likeness (QED) is 0.290. The van der Waals surface area contributed by atoms with Gasteiger partial charge in [0.15, 0.2) is 5.96 Å². The fraction of sp³-hybridized carbons (Fsp3) is 0.588. The van der Waals surface area contributed by atoms with E-state index < -0.39 is 0 Å². The molecule has 1 atom stereocenters. The average molecular weight is 419 g/mol. The van der Waals surface area contributed by atoms with Gasteiger partial charge < -0.3 is 15.4 Å². The van der Waals surface area contributed by atoms with Crippen LogP contribution in [0.2, 0.25) is 0 Å². The number of hydrogen-bond donors (Lipinski definition) is 2. The number of nitrogens with zero attached hydrogens (tertiary/aromatic N) is 1. The van der Waals surface area contributed by atoms with Gasteiger partial charge >= 0.3 is 0 Å². The van der Waals surface area contributed by atoms with Crippen LogP contribution in [0.1, 0.15) is 45.6 Å². The van der Waals surface area contributed by atoms with Gasteiger partial charge in [0.25, 0.3) is 0 Å². The number of halogens is 1. The third kappa shape index (κ3) is 8.46. The highest BCUT2D eigenvalue weighted by Gasteiger charge is 2.03. The molecule has 0 aliphatic carbocycles. The first kappa shape index (κ1) is 21.0. The van der Waals surface area contributed by atoms with E-state index in [9.17, 15) is 0 Å². The Morgan fingerprint density at radius 2 is 2.09 bits per heavy atom. The minimum Gasteiger partial charge on any atom is -0.494 e. The van der Waals surface area contributed by atoms with E-state index in [2.05, 4.69) is 48.5 Å². The molecule has 0 aliphatic rings. The average Bonchev–Trinajstić information content (AvgIpc) is 2.51. The maximum Gasteiger partial charge on any atom is 0.191 e. The van der Waals surface area contributed by atoms with Gasteiger partial charge in [-0.2, -0.15) is 0 Å². The molecule has 0 saturated heterocycles. The molecular formula is C17H30IN3O. The van der Waals surface area contributed by atoms with Crippen molar-refractivity contribution >= 4 is 29.9 Å². The van der Waals surface area contributed by atoms with Crippen molar-refractivity contribution in [1.29, 1.82) is 0 Å². The number of aliphatic imine (C=N–C) groups is 1. The van der Waals surface area contributed by atoms with E-state index in [-0.39, 0.29) is 24.0 Å². The van der Waals surface area contributed by atoms with E-state index in [1.54, 1.807) is 7.05 Å². The number of unbranched alkanes of at least 4 members (excludes halogenated alkanes) is 1. The second-order valence-corrected chi connectivity index (χ2v) is 5.23. The molecule has 0 spiro atoms. The van der Waals surface area contributed by atoms with Gasteiger partial charge in [-0.3, -0.25) is 4.99 Å². The van der Waals surface area contributed by atoms with E-state index in [0.717, 1.165) is 44.1 Å². The van der Waals surface area contributed by atoms with Crippen molar-refractivity contribution in [2.45, 2.75) is 52.6 Å². The largest absolute Gasteiger partial charge is 0.494 e. The Bertz CT molecular complexity index is 438. The second-order valence-electron chi connectivity index (χ2n) is 5.23. The molecule has 0 aromatic heterocycles. The standard InChI is InChI=1S/C17H29N3O.HI/c1-5-7-11-21-16-10-8-9-15(12-16)13-19-17(18-4)20-14(3)6-2;/h8-10,12,14H,5-7,11,13H2,1-4H3,(H2,18,19,20);1H. The SMILES string of the molecule is CCCCOc1cccc(CNC(=NC)NC(C)CC)c1.I. The number of hydrogen-bond acceptors (Lipinski definition) is 2. The van der Waals surface area contributed by atoms with E-state index in [4.69, 9.17) is 4.74 Å². The molecule has 2 N–H and O–H groups in total. The number of rotatable bonds is 8.